The third-order valence-corrected chi connectivity index (χ3v) is 4.00. The van der Waals surface area contributed by atoms with Crippen LogP contribution in [0.1, 0.15) is 38.7 Å². The molecular weight excluding hydrogens is 318 g/mol. The van der Waals surface area contributed by atoms with Gasteiger partial charge in [-0.15, -0.1) is 0 Å². The first kappa shape index (κ1) is 15.8. The van der Waals surface area contributed by atoms with E-state index in [-0.39, 0.29) is 6.10 Å². The van der Waals surface area contributed by atoms with Crippen molar-refractivity contribution in [2.75, 3.05) is 13.2 Å². The van der Waals surface area contributed by atoms with Gasteiger partial charge in [0.05, 0.1) is 12.2 Å². The molecule has 1 fully saturated rings. The summed E-state index contributed by atoms with van der Waals surface area (Å²) in [7, 11) is 0. The number of benzene rings is 1. The third kappa shape index (κ3) is 4.76. The van der Waals surface area contributed by atoms with Gasteiger partial charge in [-0.3, -0.25) is 0 Å². The second-order valence-electron chi connectivity index (χ2n) is 5.39. The van der Waals surface area contributed by atoms with E-state index in [0.717, 1.165) is 42.6 Å². The van der Waals surface area contributed by atoms with E-state index in [4.69, 9.17) is 9.47 Å². The van der Waals surface area contributed by atoms with Gasteiger partial charge in [0.15, 0.2) is 0 Å². The molecular formula is C16H24BrNO2. The fourth-order valence-electron chi connectivity index (χ4n) is 2.42. The Labute approximate surface area is 130 Å². The predicted molar refractivity (Wildman–Crippen MR) is 85.2 cm³/mol. The van der Waals surface area contributed by atoms with Gasteiger partial charge in [-0.2, -0.15) is 0 Å². The van der Waals surface area contributed by atoms with Crippen molar-refractivity contribution < 1.29 is 9.47 Å². The molecule has 2 unspecified atom stereocenters. The molecule has 1 aromatic rings. The second-order valence-corrected chi connectivity index (χ2v) is 6.30. The van der Waals surface area contributed by atoms with Crippen molar-refractivity contribution in [2.24, 2.45) is 0 Å². The molecule has 1 aliphatic heterocycles. The molecule has 112 valence electrons. The minimum atomic E-state index is 0.241. The van der Waals surface area contributed by atoms with E-state index >= 15 is 0 Å². The Morgan fingerprint density at radius 3 is 2.95 bits per heavy atom. The summed E-state index contributed by atoms with van der Waals surface area (Å²) in [6, 6.07) is 6.18. The first-order valence-corrected chi connectivity index (χ1v) is 8.25. The number of hydrogen-bond donors (Lipinski definition) is 1. The Morgan fingerprint density at radius 2 is 2.25 bits per heavy atom. The van der Waals surface area contributed by atoms with Gasteiger partial charge in [-0.25, -0.2) is 0 Å². The lowest BCUT2D eigenvalue weighted by atomic mass is 10.2. The summed E-state index contributed by atoms with van der Waals surface area (Å²) in [6.07, 6.45) is 3.99. The second kappa shape index (κ2) is 8.01. The number of rotatable bonds is 7. The molecule has 3 nitrogen and oxygen atoms in total. The van der Waals surface area contributed by atoms with Gasteiger partial charge in [0, 0.05) is 16.6 Å². The highest BCUT2D eigenvalue weighted by Crippen LogP contribution is 2.25. The molecule has 20 heavy (non-hydrogen) atoms. The summed E-state index contributed by atoms with van der Waals surface area (Å²) >= 11 is 3.52. The SMILES string of the molecule is CCCNCc1cc(Br)ccc1OCC1CCC(C)O1. The molecule has 0 amide bonds. The van der Waals surface area contributed by atoms with Crippen molar-refractivity contribution >= 4 is 15.9 Å². The standard InChI is InChI=1S/C16H24BrNO2/c1-3-8-18-10-13-9-14(17)5-7-16(13)19-11-15-6-4-12(2)20-15/h5,7,9,12,15,18H,3-4,6,8,10-11H2,1-2H3. The lowest BCUT2D eigenvalue weighted by Gasteiger charge is -2.16. The summed E-state index contributed by atoms with van der Waals surface area (Å²) in [5.41, 5.74) is 1.19. The van der Waals surface area contributed by atoms with Crippen LogP contribution in [0.15, 0.2) is 22.7 Å². The van der Waals surface area contributed by atoms with Crippen LogP contribution in [-0.4, -0.2) is 25.4 Å². The lowest BCUT2D eigenvalue weighted by Crippen LogP contribution is -2.19. The van der Waals surface area contributed by atoms with Gasteiger partial charge in [0.25, 0.3) is 0 Å². The smallest absolute Gasteiger partial charge is 0.124 e. The quantitative estimate of drug-likeness (QED) is 0.763. The molecule has 1 heterocycles. The Bertz CT molecular complexity index is 425. The van der Waals surface area contributed by atoms with E-state index in [1.54, 1.807) is 0 Å². The van der Waals surface area contributed by atoms with Crippen LogP contribution in [0.3, 0.4) is 0 Å². The minimum absolute atomic E-state index is 0.241. The van der Waals surface area contributed by atoms with Gasteiger partial charge < -0.3 is 14.8 Å². The fourth-order valence-corrected chi connectivity index (χ4v) is 2.83. The summed E-state index contributed by atoms with van der Waals surface area (Å²) in [4.78, 5) is 0. The van der Waals surface area contributed by atoms with Crippen LogP contribution in [0.2, 0.25) is 0 Å². The maximum atomic E-state index is 5.97. The summed E-state index contributed by atoms with van der Waals surface area (Å²) < 4.78 is 12.9. The van der Waals surface area contributed by atoms with Crippen LogP contribution < -0.4 is 10.1 Å². The number of nitrogens with one attached hydrogen (secondary N) is 1. The van der Waals surface area contributed by atoms with Crippen LogP contribution in [0.25, 0.3) is 0 Å². The predicted octanol–water partition coefficient (Wildman–Crippen LogP) is 3.90. The lowest BCUT2D eigenvalue weighted by molar-refractivity contribution is 0.0262. The zero-order valence-electron chi connectivity index (χ0n) is 12.3. The Balaban J connectivity index is 1.91. The van der Waals surface area contributed by atoms with Crippen molar-refractivity contribution in [1.82, 2.24) is 5.32 Å². The third-order valence-electron chi connectivity index (χ3n) is 3.51. The number of hydrogen-bond acceptors (Lipinski definition) is 3. The number of ether oxygens (including phenoxy) is 2. The number of halogens is 1. The molecule has 1 aliphatic rings. The molecule has 4 heteroatoms. The highest BCUT2D eigenvalue weighted by molar-refractivity contribution is 9.10. The Kier molecular flexibility index (Phi) is 6.33. The molecule has 1 saturated heterocycles. The average molecular weight is 342 g/mol. The zero-order chi connectivity index (χ0) is 14.4. The monoisotopic (exact) mass is 341 g/mol. The van der Waals surface area contributed by atoms with Crippen molar-refractivity contribution in [3.8, 4) is 5.75 Å². The molecule has 0 bridgehead atoms. The molecule has 0 saturated carbocycles. The summed E-state index contributed by atoms with van der Waals surface area (Å²) in [5, 5.41) is 3.42. The van der Waals surface area contributed by atoms with Crippen LogP contribution in [0, 0.1) is 0 Å². The zero-order valence-corrected chi connectivity index (χ0v) is 13.9. The first-order valence-electron chi connectivity index (χ1n) is 7.46. The van der Waals surface area contributed by atoms with E-state index in [0.29, 0.717) is 12.7 Å². The topological polar surface area (TPSA) is 30.5 Å². The largest absolute Gasteiger partial charge is 0.491 e. The maximum absolute atomic E-state index is 5.97. The highest BCUT2D eigenvalue weighted by atomic mass is 79.9. The van der Waals surface area contributed by atoms with E-state index in [1.807, 2.05) is 12.1 Å². The maximum Gasteiger partial charge on any atom is 0.124 e. The van der Waals surface area contributed by atoms with E-state index in [9.17, 15) is 0 Å². The molecule has 2 atom stereocenters. The van der Waals surface area contributed by atoms with Crippen molar-refractivity contribution in [3.63, 3.8) is 0 Å². The molecule has 0 aromatic heterocycles. The van der Waals surface area contributed by atoms with Crippen LogP contribution in [0.4, 0.5) is 0 Å². The van der Waals surface area contributed by atoms with Gasteiger partial charge in [0.2, 0.25) is 0 Å². The normalized spacial score (nSPS) is 22.1. The molecule has 0 spiro atoms. The highest BCUT2D eigenvalue weighted by Gasteiger charge is 2.22. The Morgan fingerprint density at radius 1 is 1.40 bits per heavy atom. The van der Waals surface area contributed by atoms with Gasteiger partial charge in [-0.05, 0) is 50.9 Å². The van der Waals surface area contributed by atoms with Crippen LogP contribution in [0.5, 0.6) is 5.75 Å². The van der Waals surface area contributed by atoms with Gasteiger partial charge in [0.1, 0.15) is 12.4 Å². The fraction of sp³-hybridized carbons (Fsp3) is 0.625. The van der Waals surface area contributed by atoms with Gasteiger partial charge >= 0.3 is 0 Å². The first-order chi connectivity index (χ1) is 9.69. The van der Waals surface area contributed by atoms with Crippen molar-refractivity contribution in [3.05, 3.63) is 28.2 Å². The van der Waals surface area contributed by atoms with Crippen LogP contribution in [-0.2, 0) is 11.3 Å². The molecule has 2 rings (SSSR count). The van der Waals surface area contributed by atoms with Crippen molar-refractivity contribution in [2.45, 2.75) is 51.9 Å². The Hall–Kier alpha value is -0.580. The summed E-state index contributed by atoms with van der Waals surface area (Å²) in [6.45, 7) is 6.80. The van der Waals surface area contributed by atoms with Gasteiger partial charge in [-0.1, -0.05) is 22.9 Å². The molecule has 1 N–H and O–H groups in total. The van der Waals surface area contributed by atoms with Crippen LogP contribution >= 0.6 is 15.9 Å². The molecule has 0 radical (unpaired) electrons. The summed E-state index contributed by atoms with van der Waals surface area (Å²) in [5.74, 6) is 0.958. The minimum Gasteiger partial charge on any atom is -0.491 e. The molecule has 1 aromatic carbocycles. The van der Waals surface area contributed by atoms with E-state index < -0.39 is 0 Å². The van der Waals surface area contributed by atoms with Crippen molar-refractivity contribution in [1.29, 1.82) is 0 Å². The van der Waals surface area contributed by atoms with E-state index in [1.165, 1.54) is 5.56 Å². The molecule has 0 aliphatic carbocycles. The average Bonchev–Trinajstić information content (AvgIpc) is 2.84. The van der Waals surface area contributed by atoms with E-state index in [2.05, 4.69) is 41.2 Å².